The van der Waals surface area contributed by atoms with Crippen molar-refractivity contribution in [2.75, 3.05) is 50.0 Å². The number of rotatable bonds is 5. The fourth-order valence-corrected chi connectivity index (χ4v) is 13.5. The Morgan fingerprint density at radius 3 is 1.11 bits per heavy atom. The number of para-hydroxylation sites is 6. The summed E-state index contributed by atoms with van der Waals surface area (Å²) >= 11 is 0. The molecule has 16 rings (SSSR count). The highest BCUT2D eigenvalue weighted by molar-refractivity contribution is 6.95. The van der Waals surface area contributed by atoms with Gasteiger partial charge in [0.1, 0.15) is 6.67 Å². The van der Waals surface area contributed by atoms with Crippen LogP contribution in [0, 0.1) is 0 Å². The quantitative estimate of drug-likeness (QED) is 0.159. The molecule has 8 heteroatoms. The lowest BCUT2D eigenvalue weighted by Crippen LogP contribution is -2.64. The zero-order valence-electron chi connectivity index (χ0n) is 39.3. The largest absolute Gasteiger partial charge is 0.372 e. The number of anilines is 12. The molecule has 0 saturated carbocycles. The fourth-order valence-electron chi connectivity index (χ4n) is 13.5. The molecule has 0 amide bonds. The van der Waals surface area contributed by atoms with Gasteiger partial charge in [0.15, 0.2) is 0 Å². The second kappa shape index (κ2) is 14.3. The summed E-state index contributed by atoms with van der Waals surface area (Å²) in [6.07, 6.45) is 0. The molecule has 332 valence electrons. The summed E-state index contributed by atoms with van der Waals surface area (Å²) in [6, 6.07) is 81.7. The predicted molar refractivity (Wildman–Crippen MR) is 300 cm³/mol. The molecule has 0 aromatic heterocycles. The minimum atomic E-state index is -0.175. The summed E-state index contributed by atoms with van der Waals surface area (Å²) in [5.41, 5.74) is 30.1. The van der Waals surface area contributed by atoms with E-state index in [0.717, 1.165) is 0 Å². The third kappa shape index (κ3) is 5.08. The van der Waals surface area contributed by atoms with Gasteiger partial charge in [-0.1, -0.05) is 170 Å². The van der Waals surface area contributed by atoms with Gasteiger partial charge in [-0.15, -0.1) is 0 Å². The molecule has 0 unspecified atom stereocenters. The number of nitrogens with zero attached hydrogens (tertiary/aromatic N) is 6. The van der Waals surface area contributed by atoms with Crippen LogP contribution < -0.4 is 51.1 Å². The third-order valence-electron chi connectivity index (χ3n) is 16.4. The minimum absolute atomic E-state index is 0.0705. The lowest BCUT2D eigenvalue weighted by molar-refractivity contribution is 0.919. The molecule has 0 radical (unpaired) electrons. The van der Waals surface area contributed by atoms with Gasteiger partial charge in [0.25, 0.3) is 0 Å². The molecule has 6 nitrogen and oxygen atoms in total. The first-order valence-electron chi connectivity index (χ1n) is 24.8. The van der Waals surface area contributed by atoms with Crippen molar-refractivity contribution in [2.24, 2.45) is 0 Å². The second-order valence-electron chi connectivity index (χ2n) is 19.7. The smallest absolute Gasteiger partial charge is 0.333 e. The van der Waals surface area contributed by atoms with Crippen LogP contribution in [0.25, 0.3) is 44.5 Å². The summed E-state index contributed by atoms with van der Waals surface area (Å²) < 4.78 is 0. The van der Waals surface area contributed by atoms with E-state index >= 15 is 0 Å². The van der Waals surface area contributed by atoms with Crippen LogP contribution in [0.2, 0.25) is 0 Å². The van der Waals surface area contributed by atoms with Crippen LogP contribution in [0.15, 0.2) is 218 Å². The maximum Gasteiger partial charge on any atom is 0.333 e. The molecular weight excluding hydrogens is 862 g/mol. The second-order valence-corrected chi connectivity index (χ2v) is 19.7. The van der Waals surface area contributed by atoms with Gasteiger partial charge in [-0.3, -0.25) is 0 Å². The summed E-state index contributed by atoms with van der Waals surface area (Å²) in [7, 11) is 4.47. The third-order valence-corrected chi connectivity index (χ3v) is 16.4. The Labute approximate surface area is 414 Å². The van der Waals surface area contributed by atoms with E-state index in [4.69, 9.17) is 0 Å². The molecule has 0 spiro atoms. The molecule has 0 fully saturated rings. The van der Waals surface area contributed by atoms with Crippen molar-refractivity contribution >= 4 is 104 Å². The van der Waals surface area contributed by atoms with Crippen molar-refractivity contribution in [1.82, 2.24) is 0 Å². The summed E-state index contributed by atoms with van der Waals surface area (Å²) in [5.74, 6) is 0. The highest BCUT2D eigenvalue weighted by Crippen LogP contribution is 2.60. The molecule has 6 aliphatic heterocycles. The van der Waals surface area contributed by atoms with E-state index < -0.39 is 0 Å². The van der Waals surface area contributed by atoms with E-state index in [1.807, 2.05) is 0 Å². The first kappa shape index (κ1) is 39.0. The van der Waals surface area contributed by atoms with E-state index in [1.165, 1.54) is 135 Å². The van der Waals surface area contributed by atoms with Gasteiger partial charge in [-0.2, -0.15) is 0 Å². The number of benzene rings is 10. The van der Waals surface area contributed by atoms with Crippen LogP contribution in [-0.4, -0.2) is 34.5 Å². The maximum atomic E-state index is 2.71. The Morgan fingerprint density at radius 2 is 0.620 bits per heavy atom. The number of hydrogen-bond acceptors (Lipinski definition) is 6. The Kier molecular flexibility index (Phi) is 7.88. The fraction of sp³-hybridized carbons (Fsp3) is 0.0476. The van der Waals surface area contributed by atoms with Gasteiger partial charge in [0.2, 0.25) is 0 Å². The molecule has 6 aliphatic rings. The predicted octanol–water partition coefficient (Wildman–Crippen LogP) is 12.6. The van der Waals surface area contributed by atoms with E-state index in [9.17, 15) is 0 Å². The van der Waals surface area contributed by atoms with Crippen LogP contribution in [0.5, 0.6) is 0 Å². The summed E-state index contributed by atoms with van der Waals surface area (Å²) in [4.78, 5) is 15.4. The first-order valence-corrected chi connectivity index (χ1v) is 24.8. The topological polar surface area (TPSA) is 19.4 Å². The Balaban J connectivity index is 0.926. The highest BCUT2D eigenvalue weighted by Gasteiger charge is 2.52. The van der Waals surface area contributed by atoms with Crippen LogP contribution in [-0.2, 0) is 0 Å². The molecule has 0 N–H and O–H groups in total. The molecule has 10 aromatic rings. The average Bonchev–Trinajstić information content (AvgIpc) is 3.43. The summed E-state index contributed by atoms with van der Waals surface area (Å²) in [5, 5.41) is 0. The van der Waals surface area contributed by atoms with Crippen molar-refractivity contribution < 1.29 is 0 Å². The molecular formula is C63H44B2N6. The van der Waals surface area contributed by atoms with Gasteiger partial charge in [-0.05, 0) is 92.6 Å². The SMILES string of the molecule is CN1c2cccc3c2B2c4c(cccc41)-c1cccc4c1N2c1c-3cccc1N4CN1c2ccccc2B(N2c3c(-c4ccccc4)cccc3N(C)c3cccc(-c4ccccc4)c32)c2ccccc21. The van der Waals surface area contributed by atoms with Gasteiger partial charge >= 0.3 is 13.7 Å². The summed E-state index contributed by atoms with van der Waals surface area (Å²) in [6.45, 7) is 0.502. The zero-order valence-corrected chi connectivity index (χ0v) is 39.3. The van der Waals surface area contributed by atoms with Crippen LogP contribution in [0.3, 0.4) is 0 Å². The van der Waals surface area contributed by atoms with Crippen LogP contribution >= 0.6 is 0 Å². The highest BCUT2D eigenvalue weighted by atomic mass is 15.4. The maximum absolute atomic E-state index is 2.71. The van der Waals surface area contributed by atoms with E-state index in [2.05, 4.69) is 262 Å². The monoisotopic (exact) mass is 906 g/mol. The normalized spacial score (nSPS) is 14.5. The van der Waals surface area contributed by atoms with E-state index in [0.29, 0.717) is 6.67 Å². The molecule has 10 aromatic carbocycles. The molecule has 71 heavy (non-hydrogen) atoms. The molecule has 0 atom stereocenters. The van der Waals surface area contributed by atoms with E-state index in [-0.39, 0.29) is 13.7 Å². The van der Waals surface area contributed by atoms with Gasteiger partial charge in [0, 0.05) is 59.1 Å². The first-order chi connectivity index (χ1) is 35.1. The van der Waals surface area contributed by atoms with Crippen molar-refractivity contribution in [1.29, 1.82) is 0 Å². The van der Waals surface area contributed by atoms with Gasteiger partial charge in [-0.25, -0.2) is 0 Å². The number of fused-ring (bicyclic) bond motifs is 6. The van der Waals surface area contributed by atoms with E-state index in [1.54, 1.807) is 0 Å². The molecule has 0 saturated heterocycles. The van der Waals surface area contributed by atoms with Crippen LogP contribution in [0.1, 0.15) is 0 Å². The number of hydrogen-bond donors (Lipinski definition) is 0. The standard InChI is InChI=1S/C63H44B2N6/c1-66-52-33-15-25-44-46-27-17-37-56-62(46)71-63-47(45-26-16-34-53(66)59(45)65(71)58(44)52)28-18-38-57(63)69(56)39-68-50-31-11-9-29-48(50)64(49-30-10-12-32-51(49)68)70-60-42(40-19-5-3-6-20-40)23-13-35-54(60)67(2)55-36-14-24-43(61(55)70)41-21-7-4-8-22-41/h3-38H,39H2,1-2H3. The van der Waals surface area contributed by atoms with Crippen molar-refractivity contribution in [2.45, 2.75) is 0 Å². The minimum Gasteiger partial charge on any atom is -0.372 e. The Hall–Kier alpha value is -8.87. The lowest BCUT2D eigenvalue weighted by Gasteiger charge is -2.53. The Morgan fingerprint density at radius 1 is 0.282 bits per heavy atom. The molecule has 0 bridgehead atoms. The van der Waals surface area contributed by atoms with Crippen molar-refractivity contribution in [3.05, 3.63) is 218 Å². The van der Waals surface area contributed by atoms with Gasteiger partial charge in [0.05, 0.1) is 45.5 Å². The molecule has 0 aliphatic carbocycles. The molecule has 6 heterocycles. The zero-order chi connectivity index (χ0) is 46.6. The Bertz CT molecular complexity index is 3670. The average molecular weight is 907 g/mol. The van der Waals surface area contributed by atoms with Gasteiger partial charge < -0.3 is 29.2 Å². The van der Waals surface area contributed by atoms with Crippen LogP contribution in [0.4, 0.5) is 68.2 Å². The van der Waals surface area contributed by atoms with Crippen molar-refractivity contribution in [3.8, 4) is 44.5 Å². The lowest BCUT2D eigenvalue weighted by atomic mass is 9.41. The van der Waals surface area contributed by atoms with Crippen molar-refractivity contribution in [3.63, 3.8) is 0 Å².